The standard InChI is InChI=1S/C6H15N2O3P/c1-5(12(2,3)11)7-4-6(9)8-10/h5,7,10H,4H2,1-3H3,(H,8,9). The number of carbonyl (C=O) groups excluding carboxylic acids is 1. The van der Waals surface area contributed by atoms with Crippen molar-refractivity contribution in [2.45, 2.75) is 12.7 Å². The van der Waals surface area contributed by atoms with Crippen molar-refractivity contribution in [2.24, 2.45) is 0 Å². The van der Waals surface area contributed by atoms with Crippen molar-refractivity contribution < 1.29 is 14.6 Å². The van der Waals surface area contributed by atoms with E-state index in [0.717, 1.165) is 0 Å². The molecule has 1 amide bonds. The first kappa shape index (κ1) is 11.6. The van der Waals surface area contributed by atoms with E-state index in [-0.39, 0.29) is 12.3 Å². The van der Waals surface area contributed by atoms with Crippen molar-refractivity contribution in [3.8, 4) is 0 Å². The second kappa shape index (κ2) is 4.60. The molecule has 3 N–H and O–H groups in total. The van der Waals surface area contributed by atoms with Gasteiger partial charge >= 0.3 is 0 Å². The van der Waals surface area contributed by atoms with Crippen LogP contribution in [0.25, 0.3) is 0 Å². The van der Waals surface area contributed by atoms with E-state index in [1.807, 2.05) is 0 Å². The molecule has 12 heavy (non-hydrogen) atoms. The molecule has 72 valence electrons. The topological polar surface area (TPSA) is 78.4 Å². The maximum atomic E-state index is 11.4. The molecule has 0 rings (SSSR count). The van der Waals surface area contributed by atoms with E-state index in [1.165, 1.54) is 5.48 Å². The van der Waals surface area contributed by atoms with Crippen LogP contribution in [0.3, 0.4) is 0 Å². The molecule has 0 aliphatic carbocycles. The van der Waals surface area contributed by atoms with Crippen molar-refractivity contribution in [1.82, 2.24) is 10.8 Å². The van der Waals surface area contributed by atoms with Crippen LogP contribution in [0.1, 0.15) is 6.92 Å². The number of amides is 1. The fourth-order valence-corrected chi connectivity index (χ4v) is 1.03. The highest BCUT2D eigenvalue weighted by Gasteiger charge is 2.17. The van der Waals surface area contributed by atoms with Gasteiger partial charge in [0.15, 0.2) is 0 Å². The second-order valence-corrected chi connectivity index (χ2v) is 6.67. The van der Waals surface area contributed by atoms with E-state index < -0.39 is 13.0 Å². The minimum atomic E-state index is -2.20. The Bertz CT molecular complexity index is 201. The molecule has 0 radical (unpaired) electrons. The first-order chi connectivity index (χ1) is 5.38. The van der Waals surface area contributed by atoms with Gasteiger partial charge in [-0.05, 0) is 20.3 Å². The van der Waals surface area contributed by atoms with Gasteiger partial charge < -0.3 is 4.57 Å². The zero-order valence-corrected chi connectivity index (χ0v) is 8.39. The molecule has 0 spiro atoms. The molecular weight excluding hydrogens is 179 g/mol. The summed E-state index contributed by atoms with van der Waals surface area (Å²) in [5.41, 5.74) is 1.48. The average Bonchev–Trinajstić information content (AvgIpc) is 1.97. The van der Waals surface area contributed by atoms with Crippen LogP contribution in [0.4, 0.5) is 0 Å². The lowest BCUT2D eigenvalue weighted by atomic mass is 10.6. The monoisotopic (exact) mass is 194 g/mol. The Morgan fingerprint density at radius 2 is 2.08 bits per heavy atom. The fourth-order valence-electron chi connectivity index (χ4n) is 0.500. The molecule has 0 aromatic rings. The van der Waals surface area contributed by atoms with Crippen LogP contribution >= 0.6 is 7.14 Å². The molecule has 0 heterocycles. The number of hydrogen-bond acceptors (Lipinski definition) is 4. The van der Waals surface area contributed by atoms with Crippen LogP contribution in [0.5, 0.6) is 0 Å². The van der Waals surface area contributed by atoms with Crippen LogP contribution < -0.4 is 10.8 Å². The van der Waals surface area contributed by atoms with Crippen LogP contribution in [-0.2, 0) is 9.36 Å². The Morgan fingerprint density at radius 1 is 1.58 bits per heavy atom. The summed E-state index contributed by atoms with van der Waals surface area (Å²) in [6.45, 7) is 5.00. The van der Waals surface area contributed by atoms with Crippen LogP contribution in [0.2, 0.25) is 0 Å². The van der Waals surface area contributed by atoms with Gasteiger partial charge in [0, 0.05) is 0 Å². The molecule has 0 aliphatic rings. The van der Waals surface area contributed by atoms with E-state index in [0.29, 0.717) is 0 Å². The smallest absolute Gasteiger partial charge is 0.257 e. The van der Waals surface area contributed by atoms with Gasteiger partial charge in [-0.2, -0.15) is 0 Å². The summed E-state index contributed by atoms with van der Waals surface area (Å²) in [6.07, 6.45) is 0. The van der Waals surface area contributed by atoms with Gasteiger partial charge in [-0.1, -0.05) is 0 Å². The largest absolute Gasteiger partial charge is 0.323 e. The van der Waals surface area contributed by atoms with Gasteiger partial charge in [-0.25, -0.2) is 5.48 Å². The summed E-state index contributed by atoms with van der Waals surface area (Å²) in [6, 6.07) is 0. The third-order valence-electron chi connectivity index (χ3n) is 1.62. The lowest BCUT2D eigenvalue weighted by molar-refractivity contribution is -0.128. The van der Waals surface area contributed by atoms with Crippen LogP contribution in [0, 0.1) is 0 Å². The molecule has 1 unspecified atom stereocenters. The maximum Gasteiger partial charge on any atom is 0.257 e. The van der Waals surface area contributed by atoms with Gasteiger partial charge in [0.2, 0.25) is 0 Å². The number of rotatable bonds is 4. The van der Waals surface area contributed by atoms with Crippen LogP contribution in [-0.4, -0.2) is 36.8 Å². The molecule has 0 aliphatic heterocycles. The maximum absolute atomic E-state index is 11.4. The van der Waals surface area contributed by atoms with Crippen molar-refractivity contribution in [3.05, 3.63) is 0 Å². The summed E-state index contributed by atoms with van der Waals surface area (Å²) in [5.74, 6) is -0.745. The lowest BCUT2D eigenvalue weighted by Gasteiger charge is -2.17. The van der Waals surface area contributed by atoms with Gasteiger partial charge in [0.1, 0.15) is 0 Å². The van der Waals surface area contributed by atoms with E-state index >= 15 is 0 Å². The van der Waals surface area contributed by atoms with E-state index in [9.17, 15) is 9.36 Å². The quantitative estimate of drug-likeness (QED) is 0.335. The highest BCUT2D eigenvalue weighted by atomic mass is 31.2. The summed E-state index contributed by atoms with van der Waals surface area (Å²) in [5, 5.41) is 10.9. The number of hydroxylamine groups is 1. The normalized spacial score (nSPS) is 14.0. The molecule has 0 fully saturated rings. The van der Waals surface area contributed by atoms with E-state index in [1.54, 1.807) is 20.3 Å². The molecule has 0 aromatic heterocycles. The Kier molecular flexibility index (Phi) is 4.45. The summed E-state index contributed by atoms with van der Waals surface area (Å²) in [7, 11) is -2.20. The van der Waals surface area contributed by atoms with E-state index in [2.05, 4.69) is 5.32 Å². The minimum absolute atomic E-state index is 0.0245. The third kappa shape index (κ3) is 4.49. The van der Waals surface area contributed by atoms with Crippen molar-refractivity contribution in [1.29, 1.82) is 0 Å². The summed E-state index contributed by atoms with van der Waals surface area (Å²) >= 11 is 0. The molecule has 5 nitrogen and oxygen atoms in total. The second-order valence-electron chi connectivity index (χ2n) is 3.03. The fraction of sp³-hybridized carbons (Fsp3) is 0.833. The number of nitrogens with one attached hydrogen (secondary N) is 2. The highest BCUT2D eigenvalue weighted by Crippen LogP contribution is 2.40. The number of carbonyl (C=O) groups is 1. The van der Waals surface area contributed by atoms with Gasteiger partial charge in [0.05, 0.1) is 19.5 Å². The molecule has 0 aromatic carbocycles. The van der Waals surface area contributed by atoms with Crippen molar-refractivity contribution in [3.63, 3.8) is 0 Å². The zero-order valence-electron chi connectivity index (χ0n) is 7.50. The third-order valence-corrected chi connectivity index (χ3v) is 3.66. The predicted molar refractivity (Wildman–Crippen MR) is 46.8 cm³/mol. The molecule has 0 saturated carbocycles. The molecule has 0 bridgehead atoms. The number of hydrogen-bond donors (Lipinski definition) is 3. The lowest BCUT2D eigenvalue weighted by Crippen LogP contribution is -2.36. The van der Waals surface area contributed by atoms with Crippen LogP contribution in [0.15, 0.2) is 0 Å². The first-order valence-electron chi connectivity index (χ1n) is 3.59. The molecule has 1 atom stereocenters. The Hall–Kier alpha value is -0.380. The summed E-state index contributed by atoms with van der Waals surface area (Å²) in [4.78, 5) is 10.5. The minimum Gasteiger partial charge on any atom is -0.323 e. The Morgan fingerprint density at radius 3 is 2.42 bits per heavy atom. The van der Waals surface area contributed by atoms with Gasteiger partial charge in [0.25, 0.3) is 5.91 Å². The molecular formula is C6H15N2O3P. The van der Waals surface area contributed by atoms with Gasteiger partial charge in [-0.15, -0.1) is 0 Å². The summed E-state index contributed by atoms with van der Waals surface area (Å²) < 4.78 is 11.4. The predicted octanol–water partition coefficient (Wildman–Crippen LogP) is 0.0501. The average molecular weight is 194 g/mol. The first-order valence-corrected chi connectivity index (χ1v) is 6.26. The molecule has 6 heteroatoms. The Balaban J connectivity index is 3.80. The SMILES string of the molecule is CC(NCC(=O)NO)P(C)(C)=O. The highest BCUT2D eigenvalue weighted by molar-refractivity contribution is 7.63. The van der Waals surface area contributed by atoms with Crippen molar-refractivity contribution >= 4 is 13.0 Å². The van der Waals surface area contributed by atoms with E-state index in [4.69, 9.17) is 5.21 Å². The van der Waals surface area contributed by atoms with Crippen molar-refractivity contribution in [2.75, 3.05) is 19.9 Å². The Labute approximate surface area is 71.9 Å². The van der Waals surface area contributed by atoms with Gasteiger partial charge in [-0.3, -0.25) is 15.3 Å². The zero-order chi connectivity index (χ0) is 9.78. The molecule has 0 saturated heterocycles.